The van der Waals surface area contributed by atoms with E-state index in [9.17, 15) is 0 Å². The quantitative estimate of drug-likeness (QED) is 0.155. The van der Waals surface area contributed by atoms with Crippen LogP contribution in [0.2, 0.25) is 0 Å². The van der Waals surface area contributed by atoms with Crippen molar-refractivity contribution in [1.29, 1.82) is 0 Å². The Balaban J connectivity index is 1.10. The van der Waals surface area contributed by atoms with Crippen molar-refractivity contribution in [1.82, 2.24) is 0 Å². The van der Waals surface area contributed by atoms with Crippen molar-refractivity contribution in [3.05, 3.63) is 299 Å². The maximum Gasteiger partial charge on any atom is 0.133 e. The second-order valence-corrected chi connectivity index (χ2v) is 20.3. The lowest BCUT2D eigenvalue weighted by Gasteiger charge is -2.47. The number of rotatable bonds is 6. The third-order valence-electron chi connectivity index (χ3n) is 14.3. The van der Waals surface area contributed by atoms with Gasteiger partial charge < -0.3 is 9.64 Å². The molecule has 1 unspecified atom stereocenters. The summed E-state index contributed by atoms with van der Waals surface area (Å²) < 4.78 is 6.77. The van der Waals surface area contributed by atoms with Crippen LogP contribution in [0.1, 0.15) is 44.5 Å². The second kappa shape index (κ2) is 14.8. The van der Waals surface area contributed by atoms with Gasteiger partial charge in [-0.1, -0.05) is 211 Å². The monoisotopic (exact) mass is 845 g/mol. The van der Waals surface area contributed by atoms with E-state index in [2.05, 4.69) is 260 Å². The van der Waals surface area contributed by atoms with Gasteiger partial charge in [0.1, 0.15) is 20.3 Å². The van der Waals surface area contributed by atoms with Crippen molar-refractivity contribution in [3.8, 4) is 22.6 Å². The topological polar surface area (TPSA) is 12.5 Å². The van der Waals surface area contributed by atoms with Gasteiger partial charge in [0.05, 0.1) is 10.8 Å². The van der Waals surface area contributed by atoms with Gasteiger partial charge in [0.15, 0.2) is 0 Å². The maximum absolute atomic E-state index is 6.77. The summed E-state index contributed by atoms with van der Waals surface area (Å²) in [5.41, 5.74) is 14.9. The largest absolute Gasteiger partial charge is 0.457 e. The fourth-order valence-electron chi connectivity index (χ4n) is 11.8. The van der Waals surface area contributed by atoms with E-state index >= 15 is 0 Å². The van der Waals surface area contributed by atoms with Crippen LogP contribution >= 0.6 is 0 Å². The van der Waals surface area contributed by atoms with Gasteiger partial charge in [0, 0.05) is 28.2 Å². The van der Waals surface area contributed by atoms with Crippen molar-refractivity contribution in [2.45, 2.75) is 10.8 Å². The fraction of sp³-hybridized carbons (Fsp3) is 0.0323. The van der Waals surface area contributed by atoms with E-state index in [4.69, 9.17) is 4.74 Å². The minimum Gasteiger partial charge on any atom is -0.457 e. The van der Waals surface area contributed by atoms with Crippen LogP contribution in [0, 0.1) is 0 Å². The van der Waals surface area contributed by atoms with Crippen LogP contribution in [0.3, 0.4) is 0 Å². The molecule has 13 rings (SSSR count). The molecule has 306 valence electrons. The molecule has 10 aromatic carbocycles. The van der Waals surface area contributed by atoms with Gasteiger partial charge in [0.2, 0.25) is 0 Å². The van der Waals surface area contributed by atoms with Gasteiger partial charge in [-0.3, -0.25) is 0 Å². The van der Waals surface area contributed by atoms with Crippen LogP contribution < -0.4 is 25.2 Å². The summed E-state index contributed by atoms with van der Waals surface area (Å²) in [6.07, 6.45) is 0. The molecule has 2 heterocycles. The molecular formula is C62H43NOSi. The van der Waals surface area contributed by atoms with Gasteiger partial charge in [-0.25, -0.2) is 0 Å². The zero-order chi connectivity index (χ0) is 43.0. The lowest BCUT2D eigenvalue weighted by molar-refractivity contribution is 0.435. The number of hydrogen-bond donors (Lipinski definition) is 0. The third kappa shape index (κ3) is 5.40. The highest BCUT2D eigenvalue weighted by molar-refractivity contribution is 6.96. The van der Waals surface area contributed by atoms with Crippen molar-refractivity contribution in [3.63, 3.8) is 0 Å². The Kier molecular flexibility index (Phi) is 8.56. The summed E-state index contributed by atoms with van der Waals surface area (Å²) in [6.45, 7) is 0. The number of ether oxygens (including phenoxy) is 1. The van der Waals surface area contributed by atoms with Crippen LogP contribution in [-0.2, 0) is 10.8 Å². The zero-order valence-electron chi connectivity index (χ0n) is 35.7. The lowest BCUT2D eigenvalue weighted by Crippen LogP contribution is -2.62. The highest BCUT2D eigenvalue weighted by Crippen LogP contribution is 2.58. The van der Waals surface area contributed by atoms with Gasteiger partial charge in [0.25, 0.3) is 0 Å². The molecule has 2 aliphatic heterocycles. The summed E-state index contributed by atoms with van der Waals surface area (Å²) >= 11 is 0. The zero-order valence-corrected chi connectivity index (χ0v) is 36.8. The third-order valence-corrected chi connectivity index (χ3v) is 17.6. The minimum atomic E-state index is -2.09. The molecule has 1 aliphatic carbocycles. The predicted octanol–water partition coefficient (Wildman–Crippen LogP) is 12.6. The Hall–Kier alpha value is -7.98. The summed E-state index contributed by atoms with van der Waals surface area (Å²) in [7, 11) is -2.09. The first-order valence-electron chi connectivity index (χ1n) is 22.6. The Bertz CT molecular complexity index is 3340. The standard InChI is InChI=1S/C62H43NOSi/c1-5-21-43(22-6-1)61(44-23-7-2-8-24-44)51-30-14-13-29-49(51)50-39-37-46(41-56(50)61)63(45-25-9-3-10-26-45)47-38-40-55-60(42-47)65(48-27-11-4-12-28-48)59-36-20-17-33-54(59)62(55)52-31-15-18-34-57(52)64-58-35-19-16-32-53(58)62/h1-42,65H. The Morgan fingerprint density at radius 3 is 1.45 bits per heavy atom. The van der Waals surface area contributed by atoms with E-state index in [1.165, 1.54) is 71.2 Å². The SMILES string of the molecule is c1ccc(N(c2ccc3c(c2)[SiH](c2ccccc2)c2ccccc2C32c3ccccc3Oc3ccccc32)c2ccc3c(c2)C(c2ccccc2)(c2ccccc2)c2ccccc2-3)cc1. The van der Waals surface area contributed by atoms with Gasteiger partial charge in [-0.05, 0) is 103 Å². The van der Waals surface area contributed by atoms with Crippen LogP contribution in [0.4, 0.5) is 17.1 Å². The molecule has 65 heavy (non-hydrogen) atoms. The molecule has 0 N–H and O–H groups in total. The molecule has 2 nitrogen and oxygen atoms in total. The highest BCUT2D eigenvalue weighted by Gasteiger charge is 2.52. The van der Waals surface area contributed by atoms with E-state index in [1.54, 1.807) is 0 Å². The molecule has 0 saturated heterocycles. The van der Waals surface area contributed by atoms with Crippen LogP contribution in [0.15, 0.2) is 255 Å². The molecule has 1 atom stereocenters. The molecule has 0 radical (unpaired) electrons. The number of para-hydroxylation sites is 3. The number of anilines is 3. The molecule has 3 aliphatic rings. The molecule has 0 aromatic heterocycles. The molecule has 0 fully saturated rings. The molecular weight excluding hydrogens is 803 g/mol. The van der Waals surface area contributed by atoms with E-state index in [-0.39, 0.29) is 0 Å². The van der Waals surface area contributed by atoms with Crippen molar-refractivity contribution in [2.75, 3.05) is 4.90 Å². The van der Waals surface area contributed by atoms with Crippen LogP contribution in [-0.4, -0.2) is 8.80 Å². The van der Waals surface area contributed by atoms with Gasteiger partial charge in [-0.15, -0.1) is 0 Å². The van der Waals surface area contributed by atoms with E-state index in [0.29, 0.717) is 0 Å². The van der Waals surface area contributed by atoms with Crippen molar-refractivity contribution < 1.29 is 4.74 Å². The predicted molar refractivity (Wildman–Crippen MR) is 269 cm³/mol. The molecule has 0 amide bonds. The summed E-state index contributed by atoms with van der Waals surface area (Å²) in [5.74, 6) is 1.81. The average molecular weight is 846 g/mol. The van der Waals surface area contributed by atoms with E-state index in [1.807, 2.05) is 0 Å². The van der Waals surface area contributed by atoms with Crippen molar-refractivity contribution >= 4 is 41.4 Å². The first-order valence-corrected chi connectivity index (χ1v) is 24.4. The molecule has 3 heteroatoms. The number of fused-ring (bicyclic) bond motifs is 11. The van der Waals surface area contributed by atoms with Gasteiger partial charge in [-0.2, -0.15) is 0 Å². The van der Waals surface area contributed by atoms with E-state index in [0.717, 1.165) is 28.6 Å². The fourth-order valence-corrected chi connectivity index (χ4v) is 15.4. The summed E-state index contributed by atoms with van der Waals surface area (Å²) in [4.78, 5) is 2.49. The van der Waals surface area contributed by atoms with E-state index < -0.39 is 19.6 Å². The lowest BCUT2D eigenvalue weighted by atomic mass is 9.63. The Labute approximate surface area is 382 Å². The molecule has 10 aromatic rings. The molecule has 0 bridgehead atoms. The summed E-state index contributed by atoms with van der Waals surface area (Å²) in [5, 5.41) is 4.25. The smallest absolute Gasteiger partial charge is 0.133 e. The highest BCUT2D eigenvalue weighted by atomic mass is 28.3. The minimum absolute atomic E-state index is 0.520. The number of nitrogens with zero attached hydrogens (tertiary/aromatic N) is 1. The van der Waals surface area contributed by atoms with Crippen molar-refractivity contribution in [2.24, 2.45) is 0 Å². The van der Waals surface area contributed by atoms with Gasteiger partial charge >= 0.3 is 0 Å². The van der Waals surface area contributed by atoms with Crippen LogP contribution in [0.5, 0.6) is 11.5 Å². The Morgan fingerprint density at radius 1 is 0.308 bits per heavy atom. The molecule has 1 spiro atoms. The second-order valence-electron chi connectivity index (χ2n) is 17.5. The van der Waals surface area contributed by atoms with Crippen LogP contribution in [0.25, 0.3) is 11.1 Å². The normalized spacial score (nSPS) is 15.3. The molecule has 0 saturated carbocycles. The maximum atomic E-state index is 6.77. The Morgan fingerprint density at radius 2 is 0.785 bits per heavy atom. The first-order chi connectivity index (χ1) is 32.3. The first kappa shape index (κ1) is 37.6. The average Bonchev–Trinajstić information content (AvgIpc) is 3.68. The number of hydrogen-bond acceptors (Lipinski definition) is 2. The summed E-state index contributed by atoms with van der Waals surface area (Å²) in [6, 6.07) is 94.6. The number of benzene rings is 10.